The number of aliphatic carboxylic acids is 1. The van der Waals surface area contributed by atoms with Gasteiger partial charge < -0.3 is 22.3 Å². The van der Waals surface area contributed by atoms with E-state index in [0.29, 0.717) is 40.9 Å². The molecular formula is C17H28Cl2N3O3+. The first-order valence-electron chi connectivity index (χ1n) is 8.16. The number of rotatable bonds is 4. The summed E-state index contributed by atoms with van der Waals surface area (Å²) in [7, 11) is 0. The molecule has 1 saturated carbocycles. The number of aldehydes is 1. The van der Waals surface area contributed by atoms with E-state index in [2.05, 4.69) is 0 Å². The molecule has 1 aromatic carbocycles. The lowest BCUT2D eigenvalue weighted by atomic mass is 9.97. The lowest BCUT2D eigenvalue weighted by Gasteiger charge is -2.15. The third kappa shape index (κ3) is 11.9. The number of nitrogens with two attached hydrogens (primary N) is 3. The van der Waals surface area contributed by atoms with Crippen molar-refractivity contribution in [2.24, 2.45) is 17.2 Å². The third-order valence-corrected chi connectivity index (χ3v) is 4.10. The molecule has 0 bridgehead atoms. The molecule has 1 aliphatic rings. The van der Waals surface area contributed by atoms with Crippen LogP contribution in [0, 0.1) is 0 Å². The molecule has 1 aromatic rings. The molecule has 0 unspecified atom stereocenters. The summed E-state index contributed by atoms with van der Waals surface area (Å²) in [5.74, 6) is -0.990. The van der Waals surface area contributed by atoms with Gasteiger partial charge in [-0.3, -0.25) is 9.59 Å². The molecule has 25 heavy (non-hydrogen) atoms. The Bertz CT molecular complexity index is 530. The van der Waals surface area contributed by atoms with Crippen LogP contribution < -0.4 is 17.2 Å². The van der Waals surface area contributed by atoms with E-state index in [1.807, 2.05) is 0 Å². The zero-order valence-electron chi connectivity index (χ0n) is 15.2. The van der Waals surface area contributed by atoms with Crippen LogP contribution in [0.4, 0.5) is 0 Å². The van der Waals surface area contributed by atoms with Crippen LogP contribution in [-0.4, -0.2) is 36.0 Å². The number of benzene rings is 1. The second-order valence-electron chi connectivity index (χ2n) is 5.70. The molecular weight excluding hydrogens is 365 g/mol. The van der Waals surface area contributed by atoms with Gasteiger partial charge in [-0.1, -0.05) is 42.5 Å². The molecule has 1 aliphatic carbocycles. The van der Waals surface area contributed by atoms with Crippen molar-refractivity contribution < 1.29 is 16.1 Å². The number of carbonyl (C=O) groups is 2. The largest absolute Gasteiger partial charge is 1.00 e. The Kier molecular flexibility index (Phi) is 13.4. The second-order valence-corrected chi connectivity index (χ2v) is 6.55. The summed E-state index contributed by atoms with van der Waals surface area (Å²) in [4.78, 5) is 20.1. The van der Waals surface area contributed by atoms with Crippen LogP contribution in [0.15, 0.2) is 18.2 Å². The Hall–Kier alpha value is -1.18. The van der Waals surface area contributed by atoms with Crippen LogP contribution in [-0.2, 0) is 4.79 Å². The number of hydrogen-bond donors (Lipinski definition) is 4. The number of halogens is 2. The van der Waals surface area contributed by atoms with Crippen molar-refractivity contribution in [2.45, 2.75) is 50.6 Å². The Morgan fingerprint density at radius 2 is 1.92 bits per heavy atom. The molecule has 0 radical (unpaired) electrons. The highest BCUT2D eigenvalue weighted by Crippen LogP contribution is 2.19. The summed E-state index contributed by atoms with van der Waals surface area (Å²) in [5, 5.41) is 9.06. The van der Waals surface area contributed by atoms with Gasteiger partial charge in [0.2, 0.25) is 0 Å². The summed E-state index contributed by atoms with van der Waals surface area (Å²) in [6.45, 7) is 0.327. The summed E-state index contributed by atoms with van der Waals surface area (Å²) in [6.07, 6.45) is 7.70. The zero-order valence-corrected chi connectivity index (χ0v) is 15.7. The molecule has 8 heteroatoms. The maximum absolute atomic E-state index is 10.2. The monoisotopic (exact) mass is 392 g/mol. The fourth-order valence-electron chi connectivity index (χ4n) is 2.03. The van der Waals surface area contributed by atoms with Crippen molar-refractivity contribution in [1.29, 1.82) is 0 Å². The predicted octanol–water partition coefficient (Wildman–Crippen LogP) is 2.94. The number of carboxylic acids is 1. The molecule has 142 valence electrons. The highest BCUT2D eigenvalue weighted by atomic mass is 35.5. The molecule has 0 heterocycles. The van der Waals surface area contributed by atoms with Gasteiger partial charge in [-0.15, -0.1) is 0 Å². The Morgan fingerprint density at radius 1 is 1.32 bits per heavy atom. The SMILES string of the molecule is NC1CCCCC1.NCC[C@H](N)C(=O)O.O=Cc1ccc(Cl)cc1Cl.[H+]. The second kappa shape index (κ2) is 14.0. The fourth-order valence-corrected chi connectivity index (χ4v) is 2.49. The molecule has 1 atom stereocenters. The van der Waals surface area contributed by atoms with E-state index in [4.69, 9.17) is 45.5 Å². The minimum atomic E-state index is -0.990. The van der Waals surface area contributed by atoms with E-state index in [9.17, 15) is 9.59 Å². The van der Waals surface area contributed by atoms with Gasteiger partial charge in [-0.25, -0.2) is 0 Å². The van der Waals surface area contributed by atoms with Crippen molar-refractivity contribution in [3.63, 3.8) is 0 Å². The molecule has 0 aliphatic heterocycles. The van der Waals surface area contributed by atoms with Crippen LogP contribution in [0.1, 0.15) is 50.3 Å². The van der Waals surface area contributed by atoms with E-state index in [0.717, 1.165) is 0 Å². The lowest BCUT2D eigenvalue weighted by molar-refractivity contribution is -0.138. The molecule has 0 aromatic heterocycles. The first-order chi connectivity index (χ1) is 11.8. The zero-order chi connectivity index (χ0) is 19.2. The van der Waals surface area contributed by atoms with Gasteiger partial charge >= 0.3 is 7.40 Å². The molecule has 1 fully saturated rings. The number of carbonyl (C=O) groups excluding carboxylic acids is 1. The average molecular weight is 393 g/mol. The average Bonchev–Trinajstić information content (AvgIpc) is 2.57. The molecule has 0 amide bonds. The quantitative estimate of drug-likeness (QED) is 0.582. The van der Waals surface area contributed by atoms with Crippen LogP contribution in [0.5, 0.6) is 0 Å². The smallest absolute Gasteiger partial charge is 0.480 e. The van der Waals surface area contributed by atoms with E-state index in [1.165, 1.54) is 38.2 Å². The highest BCUT2D eigenvalue weighted by Gasteiger charge is 2.08. The molecule has 0 spiro atoms. The van der Waals surface area contributed by atoms with Crippen molar-refractivity contribution in [1.82, 2.24) is 0 Å². The molecule has 7 N–H and O–H groups in total. The minimum absolute atomic E-state index is 0. The number of carboxylic acid groups (broad SMARTS) is 1. The summed E-state index contributed by atoms with van der Waals surface area (Å²) in [5.41, 5.74) is 16.2. The lowest BCUT2D eigenvalue weighted by Crippen LogP contribution is -2.32. The Balaban J connectivity index is 0. The first-order valence-corrected chi connectivity index (χ1v) is 8.91. The third-order valence-electron chi connectivity index (χ3n) is 3.53. The van der Waals surface area contributed by atoms with Crippen LogP contribution in [0.25, 0.3) is 0 Å². The van der Waals surface area contributed by atoms with Gasteiger partial charge in [0.1, 0.15) is 6.04 Å². The van der Waals surface area contributed by atoms with Crippen molar-refractivity contribution >= 4 is 35.5 Å². The highest BCUT2D eigenvalue weighted by molar-refractivity contribution is 6.36. The summed E-state index contributed by atoms with van der Waals surface area (Å²) >= 11 is 11.2. The molecule has 0 saturated heterocycles. The summed E-state index contributed by atoms with van der Waals surface area (Å²) in [6, 6.07) is 4.48. The van der Waals surface area contributed by atoms with Gasteiger partial charge in [0.05, 0.1) is 5.02 Å². The molecule has 2 rings (SSSR count). The van der Waals surface area contributed by atoms with E-state index in [-0.39, 0.29) is 1.43 Å². The van der Waals surface area contributed by atoms with E-state index in [1.54, 1.807) is 12.1 Å². The maximum atomic E-state index is 10.2. The van der Waals surface area contributed by atoms with Gasteiger partial charge in [-0.2, -0.15) is 0 Å². The normalized spacial score (nSPS) is 15.1. The van der Waals surface area contributed by atoms with Gasteiger partial charge in [0.15, 0.2) is 6.29 Å². The van der Waals surface area contributed by atoms with Crippen molar-refractivity contribution in [3.05, 3.63) is 33.8 Å². The van der Waals surface area contributed by atoms with Crippen molar-refractivity contribution in [2.75, 3.05) is 6.54 Å². The number of hydrogen-bond acceptors (Lipinski definition) is 5. The van der Waals surface area contributed by atoms with Gasteiger partial charge in [0.25, 0.3) is 0 Å². The van der Waals surface area contributed by atoms with E-state index < -0.39 is 12.0 Å². The van der Waals surface area contributed by atoms with Gasteiger partial charge in [-0.05, 0) is 44.0 Å². The first kappa shape index (κ1) is 23.8. The summed E-state index contributed by atoms with van der Waals surface area (Å²) < 4.78 is 0. The minimum Gasteiger partial charge on any atom is -0.480 e. The van der Waals surface area contributed by atoms with Crippen molar-refractivity contribution in [3.8, 4) is 0 Å². The molecule has 6 nitrogen and oxygen atoms in total. The Labute approximate surface area is 160 Å². The standard InChI is InChI=1S/C7H4Cl2O.C6H13N.C4H10N2O2/c8-6-2-1-5(4-10)7(9)3-6;7-6-4-2-1-3-5-6;5-2-1-3(6)4(7)8/h1-4H;6H,1-5,7H2;3H,1-2,5-6H2,(H,7,8)/p+1/t;;3-/m..0/s1. The van der Waals surface area contributed by atoms with Crippen LogP contribution in [0.3, 0.4) is 0 Å². The van der Waals surface area contributed by atoms with Crippen LogP contribution in [0.2, 0.25) is 10.0 Å². The predicted molar refractivity (Wildman–Crippen MR) is 103 cm³/mol. The Morgan fingerprint density at radius 3 is 2.24 bits per heavy atom. The van der Waals surface area contributed by atoms with Crippen LogP contribution >= 0.6 is 23.2 Å². The maximum Gasteiger partial charge on any atom is 1.00 e. The topological polar surface area (TPSA) is 132 Å². The van der Waals surface area contributed by atoms with Gasteiger partial charge in [0, 0.05) is 16.6 Å². The van der Waals surface area contributed by atoms with E-state index >= 15 is 0 Å². The fraction of sp³-hybridized carbons (Fsp3) is 0.529.